The fraction of sp³-hybridized carbons (Fsp3) is 0.462. The Morgan fingerprint density at radius 2 is 0.853 bits per heavy atom. The Bertz CT molecular complexity index is 721. The number of hydrogen-bond acceptors (Lipinski definition) is 4. The number of unbranched alkanes of at least 4 members (excludes halogenated alkanes) is 1. The molecular weight excluding hydrogens is 460 g/mol. The molecule has 0 spiro atoms. The zero-order valence-corrected chi connectivity index (χ0v) is 21.7. The molecule has 8 heteroatoms. The molecule has 0 aromatic heterocycles. The Morgan fingerprint density at radius 1 is 0.471 bits per heavy atom. The molecule has 34 heavy (non-hydrogen) atoms. The first-order valence-electron chi connectivity index (χ1n) is 12.3. The van der Waals surface area contributed by atoms with E-state index in [-0.39, 0.29) is 0 Å². The predicted octanol–water partition coefficient (Wildman–Crippen LogP) is 3.05. The molecule has 0 aliphatic heterocycles. The Balaban J connectivity index is 1.28. The first-order chi connectivity index (χ1) is 16.7. The summed E-state index contributed by atoms with van der Waals surface area (Å²) in [7, 11) is 0. The lowest BCUT2D eigenvalue weighted by molar-refractivity contribution is 0.564. The summed E-state index contributed by atoms with van der Waals surface area (Å²) >= 11 is 10.6. The number of nitrogens with one attached hydrogen (secondary N) is 6. The predicted molar refractivity (Wildman–Crippen MR) is 152 cm³/mol. The van der Waals surface area contributed by atoms with E-state index in [0.29, 0.717) is 0 Å². The molecule has 0 heterocycles. The number of thiocarbonyl (C=S) groups is 2. The molecule has 0 fully saturated rings. The van der Waals surface area contributed by atoms with Gasteiger partial charge in [-0.05, 0) is 87.4 Å². The van der Waals surface area contributed by atoms with Gasteiger partial charge in [0.2, 0.25) is 0 Å². The van der Waals surface area contributed by atoms with E-state index in [2.05, 4.69) is 56.2 Å². The van der Waals surface area contributed by atoms with E-state index in [1.165, 1.54) is 24.0 Å². The van der Waals surface area contributed by atoms with Gasteiger partial charge < -0.3 is 31.9 Å². The average molecular weight is 501 g/mol. The molecule has 0 bridgehead atoms. The van der Waals surface area contributed by atoms with E-state index in [1.807, 2.05) is 36.4 Å². The minimum absolute atomic E-state index is 0.718. The maximum Gasteiger partial charge on any atom is 0.166 e. The van der Waals surface area contributed by atoms with Crippen LogP contribution in [0.25, 0.3) is 0 Å². The molecule has 0 saturated carbocycles. The van der Waals surface area contributed by atoms with Crippen LogP contribution in [-0.4, -0.2) is 49.5 Å². The monoisotopic (exact) mass is 500 g/mol. The fourth-order valence-corrected chi connectivity index (χ4v) is 3.61. The highest BCUT2D eigenvalue weighted by Gasteiger charge is 1.97. The zero-order chi connectivity index (χ0) is 24.1. The lowest BCUT2D eigenvalue weighted by atomic mass is 10.2. The molecule has 0 radical (unpaired) electrons. The Morgan fingerprint density at radius 3 is 1.26 bits per heavy atom. The smallest absolute Gasteiger partial charge is 0.166 e. The number of hydrogen-bond donors (Lipinski definition) is 6. The summed E-state index contributed by atoms with van der Waals surface area (Å²) in [6, 6.07) is 20.6. The Hall–Kier alpha value is -2.26. The van der Waals surface area contributed by atoms with E-state index in [4.69, 9.17) is 24.4 Å². The highest BCUT2D eigenvalue weighted by molar-refractivity contribution is 7.80. The molecule has 2 rings (SSSR count). The molecule has 2 aromatic rings. The lowest BCUT2D eigenvalue weighted by Crippen LogP contribution is -2.36. The molecule has 6 nitrogen and oxygen atoms in total. The molecule has 0 aliphatic rings. The second-order valence-electron chi connectivity index (χ2n) is 8.10. The molecular formula is C26H40N6S2. The third-order valence-corrected chi connectivity index (χ3v) is 5.76. The van der Waals surface area contributed by atoms with Crippen LogP contribution in [0.3, 0.4) is 0 Å². The maximum absolute atomic E-state index is 5.32. The van der Waals surface area contributed by atoms with E-state index in [1.54, 1.807) is 0 Å². The largest absolute Gasteiger partial charge is 0.363 e. The van der Waals surface area contributed by atoms with Crippen molar-refractivity contribution in [3.05, 3.63) is 71.8 Å². The van der Waals surface area contributed by atoms with Gasteiger partial charge in [-0.3, -0.25) is 0 Å². The minimum Gasteiger partial charge on any atom is -0.363 e. The number of benzene rings is 2. The second-order valence-corrected chi connectivity index (χ2v) is 8.92. The van der Waals surface area contributed by atoms with Crippen molar-refractivity contribution >= 4 is 34.7 Å². The minimum atomic E-state index is 0.718. The summed E-state index contributed by atoms with van der Waals surface area (Å²) in [6.07, 6.45) is 4.48. The van der Waals surface area contributed by atoms with Crippen LogP contribution >= 0.6 is 24.4 Å². The topological polar surface area (TPSA) is 72.2 Å². The molecule has 2 aromatic carbocycles. The molecule has 0 saturated heterocycles. The summed E-state index contributed by atoms with van der Waals surface area (Å²) in [5.41, 5.74) is 2.46. The van der Waals surface area contributed by atoms with Gasteiger partial charge >= 0.3 is 0 Å². The normalized spacial score (nSPS) is 10.5. The van der Waals surface area contributed by atoms with Crippen molar-refractivity contribution < 1.29 is 0 Å². The van der Waals surface area contributed by atoms with Crippen LogP contribution in [0.5, 0.6) is 0 Å². The highest BCUT2D eigenvalue weighted by Crippen LogP contribution is 1.97. The van der Waals surface area contributed by atoms with E-state index >= 15 is 0 Å². The van der Waals surface area contributed by atoms with Gasteiger partial charge in [0.1, 0.15) is 0 Å². The van der Waals surface area contributed by atoms with Gasteiger partial charge in [-0.2, -0.15) is 0 Å². The summed E-state index contributed by atoms with van der Waals surface area (Å²) in [5, 5.41) is 21.4. The van der Waals surface area contributed by atoms with E-state index in [0.717, 1.165) is 75.4 Å². The van der Waals surface area contributed by atoms with Crippen LogP contribution < -0.4 is 31.9 Å². The van der Waals surface area contributed by atoms with Crippen LogP contribution in [0.1, 0.15) is 36.8 Å². The third-order valence-electron chi connectivity index (χ3n) is 5.18. The summed E-state index contributed by atoms with van der Waals surface area (Å²) in [6.45, 7) is 7.41. The molecule has 0 atom stereocenters. The van der Waals surface area contributed by atoms with Crippen LogP contribution in [0, 0.1) is 0 Å². The summed E-state index contributed by atoms with van der Waals surface area (Å²) in [5.74, 6) is 0. The second kappa shape index (κ2) is 19.1. The van der Waals surface area contributed by atoms with Crippen LogP contribution in [0.2, 0.25) is 0 Å². The van der Waals surface area contributed by atoms with Crippen molar-refractivity contribution in [3.8, 4) is 0 Å². The zero-order valence-electron chi connectivity index (χ0n) is 20.1. The van der Waals surface area contributed by atoms with Gasteiger partial charge in [-0.15, -0.1) is 0 Å². The van der Waals surface area contributed by atoms with Gasteiger partial charge in [0.05, 0.1) is 0 Å². The third kappa shape index (κ3) is 14.8. The van der Waals surface area contributed by atoms with Crippen LogP contribution in [0.4, 0.5) is 0 Å². The SMILES string of the molecule is S=C(NCCCNCCCCNCCCNC(=S)NCc1ccccc1)NCc1ccccc1. The van der Waals surface area contributed by atoms with Gasteiger partial charge in [-0.1, -0.05) is 60.7 Å². The Kier molecular flexibility index (Phi) is 15.7. The molecule has 6 N–H and O–H groups in total. The average Bonchev–Trinajstić information content (AvgIpc) is 2.87. The molecule has 186 valence electrons. The van der Waals surface area contributed by atoms with Crippen LogP contribution in [-0.2, 0) is 13.1 Å². The van der Waals surface area contributed by atoms with Crippen molar-refractivity contribution in [2.45, 2.75) is 38.8 Å². The first-order valence-corrected chi connectivity index (χ1v) is 13.1. The van der Waals surface area contributed by atoms with Gasteiger partial charge in [-0.25, -0.2) is 0 Å². The van der Waals surface area contributed by atoms with Gasteiger partial charge in [0.15, 0.2) is 10.2 Å². The Labute approximate surface area is 216 Å². The maximum atomic E-state index is 5.32. The standard InChI is InChI=1S/C26H40N6S2/c33-25(31-21-23-11-3-1-4-12-23)29-19-9-17-27-15-7-8-16-28-18-10-20-30-26(34)32-22-24-13-5-2-6-14-24/h1-6,11-14,27-28H,7-10,15-22H2,(H2,29,31,33)(H2,30,32,34). The van der Waals surface area contributed by atoms with Crippen molar-refractivity contribution in [1.82, 2.24) is 31.9 Å². The van der Waals surface area contributed by atoms with Crippen molar-refractivity contribution in [2.24, 2.45) is 0 Å². The summed E-state index contributed by atoms with van der Waals surface area (Å²) < 4.78 is 0. The quantitative estimate of drug-likeness (QED) is 0.146. The molecule has 0 aliphatic carbocycles. The van der Waals surface area contributed by atoms with Gasteiger partial charge in [0, 0.05) is 26.2 Å². The molecule has 0 amide bonds. The van der Waals surface area contributed by atoms with Crippen molar-refractivity contribution in [2.75, 3.05) is 39.3 Å². The lowest BCUT2D eigenvalue weighted by Gasteiger charge is -2.11. The van der Waals surface area contributed by atoms with Crippen molar-refractivity contribution in [3.63, 3.8) is 0 Å². The first kappa shape index (κ1) is 28.0. The fourth-order valence-electron chi connectivity index (χ4n) is 3.26. The number of rotatable bonds is 17. The highest BCUT2D eigenvalue weighted by atomic mass is 32.1. The van der Waals surface area contributed by atoms with Crippen LogP contribution in [0.15, 0.2) is 60.7 Å². The molecule has 0 unspecified atom stereocenters. The van der Waals surface area contributed by atoms with Crippen molar-refractivity contribution in [1.29, 1.82) is 0 Å². The van der Waals surface area contributed by atoms with E-state index < -0.39 is 0 Å². The van der Waals surface area contributed by atoms with Gasteiger partial charge in [0.25, 0.3) is 0 Å². The van der Waals surface area contributed by atoms with E-state index in [9.17, 15) is 0 Å². The summed E-state index contributed by atoms with van der Waals surface area (Å²) in [4.78, 5) is 0.